The van der Waals surface area contributed by atoms with Gasteiger partial charge in [0.15, 0.2) is 0 Å². The summed E-state index contributed by atoms with van der Waals surface area (Å²) in [4.78, 5) is 27.1. The van der Waals surface area contributed by atoms with Crippen LogP contribution in [0.15, 0.2) is 5.38 Å². The minimum absolute atomic E-state index is 0.0370. The number of aryl methyl sites for hydroxylation is 1. The highest BCUT2D eigenvalue weighted by atomic mass is 32.1. The van der Waals surface area contributed by atoms with Crippen LogP contribution in [-0.4, -0.2) is 28.5 Å². The monoisotopic (exact) mass is 282 g/mol. The standard InChI is InChI=1S/C13H18N2O3S/c1-8-15-11(7-19-8)12(16)14-6-9-4-2-3-5-10(9)13(17)18/h7,9-10H,2-6H2,1H3,(H,14,16)(H,17,18). The fourth-order valence-corrected chi connectivity index (χ4v) is 3.15. The number of rotatable bonds is 4. The van der Waals surface area contributed by atoms with Crippen molar-refractivity contribution in [2.45, 2.75) is 32.6 Å². The predicted molar refractivity (Wildman–Crippen MR) is 72.3 cm³/mol. The van der Waals surface area contributed by atoms with Gasteiger partial charge >= 0.3 is 5.97 Å². The van der Waals surface area contributed by atoms with Crippen molar-refractivity contribution in [2.24, 2.45) is 11.8 Å². The van der Waals surface area contributed by atoms with Crippen LogP contribution in [0, 0.1) is 18.8 Å². The Kier molecular flexibility index (Phi) is 4.52. The quantitative estimate of drug-likeness (QED) is 0.886. The van der Waals surface area contributed by atoms with Gasteiger partial charge in [-0.05, 0) is 25.7 Å². The second-order valence-electron chi connectivity index (χ2n) is 4.95. The number of aliphatic carboxylic acids is 1. The van der Waals surface area contributed by atoms with E-state index >= 15 is 0 Å². The maximum atomic E-state index is 11.9. The van der Waals surface area contributed by atoms with Crippen LogP contribution < -0.4 is 5.32 Å². The van der Waals surface area contributed by atoms with E-state index in [0.717, 1.165) is 24.3 Å². The highest BCUT2D eigenvalue weighted by Gasteiger charge is 2.30. The molecule has 0 bridgehead atoms. The Morgan fingerprint density at radius 3 is 2.84 bits per heavy atom. The van der Waals surface area contributed by atoms with Crippen LogP contribution in [0.4, 0.5) is 0 Å². The van der Waals surface area contributed by atoms with Gasteiger partial charge in [-0.3, -0.25) is 9.59 Å². The minimum atomic E-state index is -0.747. The highest BCUT2D eigenvalue weighted by Crippen LogP contribution is 2.29. The van der Waals surface area contributed by atoms with E-state index in [1.165, 1.54) is 11.3 Å². The number of nitrogens with zero attached hydrogens (tertiary/aromatic N) is 1. The Morgan fingerprint density at radius 2 is 2.21 bits per heavy atom. The first-order chi connectivity index (χ1) is 9.08. The van der Waals surface area contributed by atoms with E-state index in [2.05, 4.69) is 10.3 Å². The molecule has 0 aromatic carbocycles. The lowest BCUT2D eigenvalue weighted by Gasteiger charge is -2.28. The number of carbonyl (C=O) groups excluding carboxylic acids is 1. The van der Waals surface area contributed by atoms with Crippen molar-refractivity contribution >= 4 is 23.2 Å². The molecule has 1 amide bonds. The molecule has 1 aromatic rings. The first-order valence-electron chi connectivity index (χ1n) is 6.51. The number of carboxylic acid groups (broad SMARTS) is 1. The average Bonchev–Trinajstić information content (AvgIpc) is 2.83. The normalized spacial score (nSPS) is 23.0. The molecule has 2 unspecified atom stereocenters. The van der Waals surface area contributed by atoms with Crippen molar-refractivity contribution in [3.8, 4) is 0 Å². The number of carbonyl (C=O) groups is 2. The largest absolute Gasteiger partial charge is 0.481 e. The zero-order valence-electron chi connectivity index (χ0n) is 10.9. The third kappa shape index (κ3) is 3.53. The lowest BCUT2D eigenvalue weighted by molar-refractivity contribution is -0.144. The molecule has 6 heteroatoms. The molecule has 2 rings (SSSR count). The van der Waals surface area contributed by atoms with Gasteiger partial charge in [-0.2, -0.15) is 0 Å². The molecule has 1 saturated carbocycles. The van der Waals surface area contributed by atoms with Gasteiger partial charge in [0.2, 0.25) is 0 Å². The molecule has 1 aliphatic carbocycles. The van der Waals surface area contributed by atoms with Crippen LogP contribution in [0.5, 0.6) is 0 Å². The maximum absolute atomic E-state index is 11.9. The van der Waals surface area contributed by atoms with Crippen LogP contribution in [-0.2, 0) is 4.79 Å². The van der Waals surface area contributed by atoms with Gasteiger partial charge in [-0.15, -0.1) is 11.3 Å². The Morgan fingerprint density at radius 1 is 1.47 bits per heavy atom. The van der Waals surface area contributed by atoms with Crippen LogP contribution in [0.1, 0.15) is 41.2 Å². The topological polar surface area (TPSA) is 79.3 Å². The number of aromatic nitrogens is 1. The van der Waals surface area contributed by atoms with Gasteiger partial charge in [0.1, 0.15) is 5.69 Å². The van der Waals surface area contributed by atoms with Crippen LogP contribution in [0.3, 0.4) is 0 Å². The second kappa shape index (κ2) is 6.14. The summed E-state index contributed by atoms with van der Waals surface area (Å²) < 4.78 is 0. The van der Waals surface area contributed by atoms with Gasteiger partial charge in [0, 0.05) is 11.9 Å². The Hall–Kier alpha value is -1.43. The number of hydrogen-bond acceptors (Lipinski definition) is 4. The summed E-state index contributed by atoms with van der Waals surface area (Å²) in [6, 6.07) is 0. The third-order valence-corrected chi connectivity index (χ3v) is 4.38. The zero-order valence-corrected chi connectivity index (χ0v) is 11.7. The molecule has 1 aliphatic rings. The van der Waals surface area contributed by atoms with Crippen molar-refractivity contribution in [2.75, 3.05) is 6.54 Å². The number of nitrogens with one attached hydrogen (secondary N) is 1. The Bertz CT molecular complexity index is 472. The van der Waals surface area contributed by atoms with Gasteiger partial charge in [0.25, 0.3) is 5.91 Å². The molecule has 2 N–H and O–H groups in total. The maximum Gasteiger partial charge on any atom is 0.306 e. The molecular weight excluding hydrogens is 264 g/mol. The third-order valence-electron chi connectivity index (χ3n) is 3.60. The van der Waals surface area contributed by atoms with E-state index in [0.29, 0.717) is 18.7 Å². The van der Waals surface area contributed by atoms with E-state index in [1.807, 2.05) is 6.92 Å². The van der Waals surface area contributed by atoms with Crippen molar-refractivity contribution in [1.82, 2.24) is 10.3 Å². The summed E-state index contributed by atoms with van der Waals surface area (Å²) in [5.74, 6) is -1.25. The summed E-state index contributed by atoms with van der Waals surface area (Å²) >= 11 is 1.43. The number of thiazole rings is 1. The number of hydrogen-bond donors (Lipinski definition) is 2. The van der Waals surface area contributed by atoms with Crippen LogP contribution >= 0.6 is 11.3 Å². The molecule has 104 valence electrons. The fourth-order valence-electron chi connectivity index (χ4n) is 2.56. The SMILES string of the molecule is Cc1nc(C(=O)NCC2CCCCC2C(=O)O)cs1. The van der Waals surface area contributed by atoms with Gasteiger partial charge in [-0.1, -0.05) is 12.8 Å². The molecule has 0 radical (unpaired) electrons. The Labute approximate surface area is 116 Å². The predicted octanol–water partition coefficient (Wildman–Crippen LogP) is 2.07. The second-order valence-corrected chi connectivity index (χ2v) is 6.01. The van der Waals surface area contributed by atoms with E-state index in [9.17, 15) is 14.7 Å². The van der Waals surface area contributed by atoms with Crippen molar-refractivity contribution < 1.29 is 14.7 Å². The van der Waals surface area contributed by atoms with Crippen molar-refractivity contribution in [3.05, 3.63) is 16.1 Å². The van der Waals surface area contributed by atoms with E-state index in [1.54, 1.807) is 5.38 Å². The fraction of sp³-hybridized carbons (Fsp3) is 0.615. The summed E-state index contributed by atoms with van der Waals surface area (Å²) in [6.45, 7) is 2.27. The average molecular weight is 282 g/mol. The minimum Gasteiger partial charge on any atom is -0.481 e. The first-order valence-corrected chi connectivity index (χ1v) is 7.39. The van der Waals surface area contributed by atoms with Crippen molar-refractivity contribution in [1.29, 1.82) is 0 Å². The van der Waals surface area contributed by atoms with E-state index < -0.39 is 5.97 Å². The zero-order chi connectivity index (χ0) is 13.8. The van der Waals surface area contributed by atoms with Gasteiger partial charge < -0.3 is 10.4 Å². The van der Waals surface area contributed by atoms with Crippen LogP contribution in [0.2, 0.25) is 0 Å². The highest BCUT2D eigenvalue weighted by molar-refractivity contribution is 7.09. The van der Waals surface area contributed by atoms with E-state index in [-0.39, 0.29) is 17.7 Å². The molecule has 1 aromatic heterocycles. The lowest BCUT2D eigenvalue weighted by atomic mass is 9.79. The van der Waals surface area contributed by atoms with Gasteiger partial charge in [-0.25, -0.2) is 4.98 Å². The molecule has 1 fully saturated rings. The molecular formula is C13H18N2O3S. The first kappa shape index (κ1) is 14.0. The number of amides is 1. The molecule has 0 saturated heterocycles. The molecule has 1 heterocycles. The van der Waals surface area contributed by atoms with E-state index in [4.69, 9.17) is 0 Å². The Balaban J connectivity index is 1.90. The lowest BCUT2D eigenvalue weighted by Crippen LogP contribution is -2.37. The molecule has 0 aliphatic heterocycles. The molecule has 5 nitrogen and oxygen atoms in total. The summed E-state index contributed by atoms with van der Waals surface area (Å²) in [6.07, 6.45) is 3.59. The molecule has 19 heavy (non-hydrogen) atoms. The van der Waals surface area contributed by atoms with Crippen LogP contribution in [0.25, 0.3) is 0 Å². The molecule has 2 atom stereocenters. The number of carboxylic acids is 1. The van der Waals surface area contributed by atoms with Gasteiger partial charge in [0.05, 0.1) is 10.9 Å². The summed E-state index contributed by atoms with van der Waals surface area (Å²) in [5, 5.41) is 14.6. The summed E-state index contributed by atoms with van der Waals surface area (Å²) in [7, 11) is 0. The summed E-state index contributed by atoms with van der Waals surface area (Å²) in [5.41, 5.74) is 0.421. The van der Waals surface area contributed by atoms with Crippen molar-refractivity contribution in [3.63, 3.8) is 0 Å². The smallest absolute Gasteiger partial charge is 0.306 e. The molecule has 0 spiro atoms.